The van der Waals surface area contributed by atoms with E-state index in [1.165, 1.54) is 18.1 Å². The molecule has 0 saturated carbocycles. The Morgan fingerprint density at radius 1 is 0.923 bits per heavy atom. The summed E-state index contributed by atoms with van der Waals surface area (Å²) in [5.74, 6) is 0.896. The Kier molecular flexibility index (Phi) is 3.46. The van der Waals surface area contributed by atoms with Crippen molar-refractivity contribution in [2.24, 2.45) is 0 Å². The first-order chi connectivity index (χ1) is 12.8. The number of para-hydroxylation sites is 1. The summed E-state index contributed by atoms with van der Waals surface area (Å²) < 4.78 is 11.5. The molecule has 0 aliphatic rings. The van der Waals surface area contributed by atoms with Gasteiger partial charge in [-0.3, -0.25) is 0 Å². The van der Waals surface area contributed by atoms with Gasteiger partial charge in [-0.2, -0.15) is 0 Å². The molecule has 0 unspecified atom stereocenters. The number of rotatable bonds is 3. The Bertz CT molecular complexity index is 1210. The minimum absolute atomic E-state index is 0.346. The van der Waals surface area contributed by atoms with Gasteiger partial charge in [-0.15, -0.1) is 10.2 Å². The molecule has 6 nitrogen and oxygen atoms in total. The predicted molar refractivity (Wildman–Crippen MR) is 97.9 cm³/mol. The molecule has 5 aromatic rings. The number of hydrogen-bond acceptors (Lipinski definition) is 7. The minimum Gasteiger partial charge on any atom is -0.451 e. The lowest BCUT2D eigenvalue weighted by molar-refractivity contribution is 0.451. The molecule has 0 N–H and O–H groups in total. The smallest absolute Gasteiger partial charge is 0.284 e. The van der Waals surface area contributed by atoms with E-state index in [0.29, 0.717) is 16.9 Å². The van der Waals surface area contributed by atoms with Crippen molar-refractivity contribution in [1.82, 2.24) is 20.2 Å². The van der Waals surface area contributed by atoms with Crippen LogP contribution < -0.4 is 0 Å². The van der Waals surface area contributed by atoms with Gasteiger partial charge < -0.3 is 8.83 Å². The van der Waals surface area contributed by atoms with Gasteiger partial charge in [-0.05, 0) is 43.0 Å². The van der Waals surface area contributed by atoms with Gasteiger partial charge in [0.25, 0.3) is 11.1 Å². The summed E-state index contributed by atoms with van der Waals surface area (Å²) in [5, 5.41) is 11.3. The topological polar surface area (TPSA) is 77.8 Å². The number of fused-ring (bicyclic) bond motifs is 2. The maximum absolute atomic E-state index is 5.77. The van der Waals surface area contributed by atoms with E-state index in [-0.39, 0.29) is 0 Å². The maximum atomic E-state index is 5.77. The second-order valence-corrected chi connectivity index (χ2v) is 6.76. The normalized spacial score (nSPS) is 11.4. The molecule has 0 atom stereocenters. The summed E-state index contributed by atoms with van der Waals surface area (Å²) in [6.07, 6.45) is 1.54. The molecule has 126 valence electrons. The average molecular weight is 360 g/mol. The standard InChI is InChI=1S/C19H12N4O2S/c1-11-6-7-14-13(8-11)18(21-10-20-14)26-19-23-22-17(25-19)16-9-12-4-2-3-5-15(12)24-16/h2-10H,1H3. The Hall–Kier alpha value is -3.19. The zero-order valence-electron chi connectivity index (χ0n) is 13.7. The van der Waals surface area contributed by atoms with Crippen LogP contribution in [-0.2, 0) is 0 Å². The molecule has 0 aliphatic heterocycles. The maximum Gasteiger partial charge on any atom is 0.284 e. The largest absolute Gasteiger partial charge is 0.451 e. The molecular weight excluding hydrogens is 348 g/mol. The van der Waals surface area contributed by atoms with Gasteiger partial charge in [-0.25, -0.2) is 9.97 Å². The van der Waals surface area contributed by atoms with Crippen molar-refractivity contribution in [3.8, 4) is 11.7 Å². The van der Waals surface area contributed by atoms with Crippen molar-refractivity contribution in [2.75, 3.05) is 0 Å². The van der Waals surface area contributed by atoms with Crippen molar-refractivity contribution in [3.05, 3.63) is 60.4 Å². The lowest BCUT2D eigenvalue weighted by Crippen LogP contribution is -1.87. The fourth-order valence-corrected chi connectivity index (χ4v) is 3.49. The zero-order chi connectivity index (χ0) is 17.5. The number of hydrogen-bond donors (Lipinski definition) is 0. The van der Waals surface area contributed by atoms with E-state index in [1.807, 2.05) is 55.5 Å². The summed E-state index contributed by atoms with van der Waals surface area (Å²) in [7, 11) is 0. The summed E-state index contributed by atoms with van der Waals surface area (Å²) in [6, 6.07) is 15.7. The molecule has 0 radical (unpaired) electrons. The molecule has 0 saturated heterocycles. The highest BCUT2D eigenvalue weighted by Crippen LogP contribution is 2.33. The third-order valence-corrected chi connectivity index (χ3v) is 4.84. The number of nitrogens with zero attached hydrogens (tertiary/aromatic N) is 4. The summed E-state index contributed by atoms with van der Waals surface area (Å²) in [6.45, 7) is 2.03. The summed E-state index contributed by atoms with van der Waals surface area (Å²) in [5.41, 5.74) is 2.81. The van der Waals surface area contributed by atoms with Crippen molar-refractivity contribution < 1.29 is 8.83 Å². The Balaban J connectivity index is 1.50. The van der Waals surface area contributed by atoms with Gasteiger partial charge in [0.1, 0.15) is 16.9 Å². The highest BCUT2D eigenvalue weighted by molar-refractivity contribution is 7.99. The van der Waals surface area contributed by atoms with E-state index in [9.17, 15) is 0 Å². The van der Waals surface area contributed by atoms with Crippen LogP contribution >= 0.6 is 11.8 Å². The van der Waals surface area contributed by atoms with E-state index >= 15 is 0 Å². The van der Waals surface area contributed by atoms with Crippen molar-refractivity contribution in [2.45, 2.75) is 17.2 Å². The quantitative estimate of drug-likeness (QED) is 0.424. The highest BCUT2D eigenvalue weighted by Gasteiger charge is 2.16. The first-order valence-electron chi connectivity index (χ1n) is 7.98. The molecular formula is C19H12N4O2S. The van der Waals surface area contributed by atoms with Gasteiger partial charge in [-0.1, -0.05) is 29.8 Å². The van der Waals surface area contributed by atoms with Crippen LogP contribution in [0.3, 0.4) is 0 Å². The van der Waals surface area contributed by atoms with Crippen LogP contribution in [0.25, 0.3) is 33.5 Å². The predicted octanol–water partition coefficient (Wildman–Crippen LogP) is 4.89. The third-order valence-electron chi connectivity index (χ3n) is 3.98. The van der Waals surface area contributed by atoms with Crippen LogP contribution in [0.1, 0.15) is 5.56 Å². The SMILES string of the molecule is Cc1ccc2ncnc(Sc3nnc(-c4cc5ccccc5o4)o3)c2c1. The highest BCUT2D eigenvalue weighted by atomic mass is 32.2. The molecule has 0 spiro atoms. The molecule has 0 bridgehead atoms. The van der Waals surface area contributed by atoms with Gasteiger partial charge in [0.05, 0.1) is 5.52 Å². The van der Waals surface area contributed by atoms with E-state index in [4.69, 9.17) is 8.83 Å². The average Bonchev–Trinajstić information content (AvgIpc) is 3.28. The number of aryl methyl sites for hydroxylation is 1. The van der Waals surface area contributed by atoms with Crippen molar-refractivity contribution in [1.29, 1.82) is 0 Å². The van der Waals surface area contributed by atoms with Crippen LogP contribution in [-0.4, -0.2) is 20.2 Å². The fourth-order valence-electron chi connectivity index (χ4n) is 2.75. The first-order valence-corrected chi connectivity index (χ1v) is 8.79. The second-order valence-electron chi connectivity index (χ2n) is 5.82. The molecule has 2 aromatic carbocycles. The molecule has 0 fully saturated rings. The van der Waals surface area contributed by atoms with Gasteiger partial charge in [0.2, 0.25) is 0 Å². The van der Waals surface area contributed by atoms with Crippen LogP contribution in [0.2, 0.25) is 0 Å². The van der Waals surface area contributed by atoms with E-state index in [0.717, 1.165) is 32.5 Å². The van der Waals surface area contributed by atoms with Crippen molar-refractivity contribution in [3.63, 3.8) is 0 Å². The third kappa shape index (κ3) is 2.62. The molecule has 0 amide bonds. The lowest BCUT2D eigenvalue weighted by Gasteiger charge is -2.02. The van der Waals surface area contributed by atoms with E-state index < -0.39 is 0 Å². The summed E-state index contributed by atoms with van der Waals surface area (Å²) >= 11 is 1.32. The Labute approximate surface area is 152 Å². The Morgan fingerprint density at radius 3 is 2.77 bits per heavy atom. The molecule has 0 aliphatic carbocycles. The van der Waals surface area contributed by atoms with Crippen LogP contribution in [0.15, 0.2) is 73.9 Å². The molecule has 3 heterocycles. The number of aromatic nitrogens is 4. The zero-order valence-corrected chi connectivity index (χ0v) is 14.5. The Morgan fingerprint density at radius 2 is 1.85 bits per heavy atom. The first kappa shape index (κ1) is 15.1. The monoisotopic (exact) mass is 360 g/mol. The van der Waals surface area contributed by atoms with Gasteiger partial charge >= 0.3 is 0 Å². The molecule has 3 aromatic heterocycles. The molecule has 5 rings (SSSR count). The van der Waals surface area contributed by atoms with Gasteiger partial charge in [0, 0.05) is 10.8 Å². The van der Waals surface area contributed by atoms with Crippen LogP contribution in [0.5, 0.6) is 0 Å². The van der Waals surface area contributed by atoms with Crippen molar-refractivity contribution >= 4 is 33.6 Å². The van der Waals surface area contributed by atoms with Crippen LogP contribution in [0.4, 0.5) is 0 Å². The van der Waals surface area contributed by atoms with E-state index in [2.05, 4.69) is 20.2 Å². The minimum atomic E-state index is 0.346. The van der Waals surface area contributed by atoms with Gasteiger partial charge in [0.15, 0.2) is 5.76 Å². The number of benzene rings is 2. The van der Waals surface area contributed by atoms with E-state index in [1.54, 1.807) is 0 Å². The lowest BCUT2D eigenvalue weighted by atomic mass is 10.2. The molecule has 26 heavy (non-hydrogen) atoms. The summed E-state index contributed by atoms with van der Waals surface area (Å²) in [4.78, 5) is 8.66. The molecule has 7 heteroatoms. The second kappa shape index (κ2) is 5.96. The fraction of sp³-hybridized carbons (Fsp3) is 0.0526. The van der Waals surface area contributed by atoms with Crippen LogP contribution in [0, 0.1) is 6.92 Å². The number of furan rings is 1.